The first-order valence-electron chi connectivity index (χ1n) is 4.55. The topological polar surface area (TPSA) is 17.1 Å². The van der Waals surface area contributed by atoms with E-state index in [1.807, 2.05) is 0 Å². The van der Waals surface area contributed by atoms with E-state index in [2.05, 4.69) is 24.5 Å². The van der Waals surface area contributed by atoms with Crippen LogP contribution in [-0.2, 0) is 0 Å². The van der Waals surface area contributed by atoms with Gasteiger partial charge in [-0.05, 0) is 25.1 Å². The second-order valence-corrected chi connectivity index (χ2v) is 3.47. The fourth-order valence-corrected chi connectivity index (χ4v) is 1.17. The van der Waals surface area contributed by atoms with Crippen molar-refractivity contribution in [2.45, 2.75) is 13.3 Å². The summed E-state index contributed by atoms with van der Waals surface area (Å²) in [6.07, 6.45) is 0.604. The predicted octanol–water partition coefficient (Wildman–Crippen LogP) is 2.70. The lowest BCUT2D eigenvalue weighted by Gasteiger charge is -1.97. The Labute approximate surface area is 94.1 Å². The Balaban J connectivity index is 3.02. The first kappa shape index (κ1) is 11.8. The van der Waals surface area contributed by atoms with Crippen LogP contribution in [0.4, 0.5) is 4.39 Å². The van der Waals surface area contributed by atoms with Crippen molar-refractivity contribution in [2.75, 3.05) is 5.75 Å². The standard InChI is InChI=1S/C12H11FOS/c1-9(14)10-5-6-12(13)11(8-10)4-2-3-7-15/h5-6,8,15H,3,7H2,1H3. The maximum Gasteiger partial charge on any atom is 0.159 e. The summed E-state index contributed by atoms with van der Waals surface area (Å²) >= 11 is 4.00. The van der Waals surface area contributed by atoms with Crippen molar-refractivity contribution in [1.82, 2.24) is 0 Å². The van der Waals surface area contributed by atoms with Crippen LogP contribution in [0.5, 0.6) is 0 Å². The molecule has 0 saturated carbocycles. The van der Waals surface area contributed by atoms with E-state index in [1.165, 1.54) is 25.1 Å². The molecule has 1 nitrogen and oxygen atoms in total. The fraction of sp³-hybridized carbons (Fsp3) is 0.250. The summed E-state index contributed by atoms with van der Waals surface area (Å²) in [6, 6.07) is 4.20. The average Bonchev–Trinajstić information content (AvgIpc) is 2.20. The van der Waals surface area contributed by atoms with E-state index in [0.29, 0.717) is 17.7 Å². The molecule has 78 valence electrons. The Bertz CT molecular complexity index is 429. The highest BCUT2D eigenvalue weighted by Gasteiger charge is 2.03. The second-order valence-electron chi connectivity index (χ2n) is 3.03. The van der Waals surface area contributed by atoms with Crippen LogP contribution in [0.25, 0.3) is 0 Å². The lowest BCUT2D eigenvalue weighted by atomic mass is 10.1. The Morgan fingerprint density at radius 1 is 1.53 bits per heavy atom. The van der Waals surface area contributed by atoms with Gasteiger partial charge in [0, 0.05) is 17.7 Å². The predicted molar refractivity (Wildman–Crippen MR) is 61.8 cm³/mol. The van der Waals surface area contributed by atoms with Crippen LogP contribution >= 0.6 is 12.6 Å². The van der Waals surface area contributed by atoms with Gasteiger partial charge in [-0.25, -0.2) is 4.39 Å². The Kier molecular flexibility index (Phi) is 4.38. The molecule has 15 heavy (non-hydrogen) atoms. The number of Topliss-reactive ketones (excluding diaryl/α,β-unsaturated/α-hetero) is 1. The van der Waals surface area contributed by atoms with Crippen LogP contribution in [0.2, 0.25) is 0 Å². The summed E-state index contributed by atoms with van der Waals surface area (Å²) in [5, 5.41) is 0. The van der Waals surface area contributed by atoms with Gasteiger partial charge >= 0.3 is 0 Å². The van der Waals surface area contributed by atoms with Gasteiger partial charge in [0.05, 0.1) is 5.56 Å². The summed E-state index contributed by atoms with van der Waals surface area (Å²) < 4.78 is 13.2. The molecule has 0 unspecified atom stereocenters. The van der Waals surface area contributed by atoms with E-state index in [0.717, 1.165) is 0 Å². The summed E-state index contributed by atoms with van der Waals surface area (Å²) in [4.78, 5) is 11.1. The van der Waals surface area contributed by atoms with Crippen molar-refractivity contribution in [3.8, 4) is 11.8 Å². The number of hydrogen-bond acceptors (Lipinski definition) is 2. The zero-order valence-corrected chi connectivity index (χ0v) is 9.27. The van der Waals surface area contributed by atoms with Crippen LogP contribution in [0, 0.1) is 17.7 Å². The van der Waals surface area contributed by atoms with E-state index < -0.39 is 5.82 Å². The van der Waals surface area contributed by atoms with Crippen LogP contribution in [0.15, 0.2) is 18.2 Å². The molecule has 0 radical (unpaired) electrons. The average molecular weight is 222 g/mol. The molecule has 0 aliphatic carbocycles. The van der Waals surface area contributed by atoms with E-state index in [-0.39, 0.29) is 11.3 Å². The number of thiol groups is 1. The number of halogens is 1. The summed E-state index contributed by atoms with van der Waals surface area (Å²) in [6.45, 7) is 1.44. The van der Waals surface area contributed by atoms with Gasteiger partial charge in [-0.2, -0.15) is 12.6 Å². The van der Waals surface area contributed by atoms with Crippen LogP contribution in [0.3, 0.4) is 0 Å². The van der Waals surface area contributed by atoms with Gasteiger partial charge in [0.1, 0.15) is 5.82 Å². The van der Waals surface area contributed by atoms with Crippen LogP contribution in [0.1, 0.15) is 29.3 Å². The molecule has 0 aliphatic heterocycles. The van der Waals surface area contributed by atoms with Crippen molar-refractivity contribution in [3.63, 3.8) is 0 Å². The van der Waals surface area contributed by atoms with Gasteiger partial charge in [0.25, 0.3) is 0 Å². The van der Waals surface area contributed by atoms with Gasteiger partial charge in [0.2, 0.25) is 0 Å². The molecular formula is C12H11FOS. The zero-order chi connectivity index (χ0) is 11.3. The number of rotatable bonds is 2. The molecule has 0 aromatic heterocycles. The molecular weight excluding hydrogens is 211 g/mol. The SMILES string of the molecule is CC(=O)c1ccc(F)c(C#CCCS)c1. The highest BCUT2D eigenvalue weighted by molar-refractivity contribution is 7.80. The Morgan fingerprint density at radius 2 is 2.27 bits per heavy atom. The van der Waals surface area contributed by atoms with Gasteiger partial charge in [-0.3, -0.25) is 4.79 Å². The van der Waals surface area contributed by atoms with Gasteiger partial charge in [-0.1, -0.05) is 11.8 Å². The fourth-order valence-electron chi connectivity index (χ4n) is 1.05. The van der Waals surface area contributed by atoms with Crippen molar-refractivity contribution in [2.24, 2.45) is 0 Å². The first-order chi connectivity index (χ1) is 7.15. The third-order valence-corrected chi connectivity index (χ3v) is 2.06. The first-order valence-corrected chi connectivity index (χ1v) is 5.18. The molecule has 0 fully saturated rings. The maximum atomic E-state index is 13.2. The molecule has 0 heterocycles. The van der Waals surface area contributed by atoms with E-state index in [9.17, 15) is 9.18 Å². The molecule has 0 atom stereocenters. The molecule has 0 aliphatic rings. The third-order valence-electron chi connectivity index (χ3n) is 1.83. The van der Waals surface area contributed by atoms with Crippen LogP contribution in [-0.4, -0.2) is 11.5 Å². The van der Waals surface area contributed by atoms with Crippen molar-refractivity contribution >= 4 is 18.4 Å². The van der Waals surface area contributed by atoms with E-state index >= 15 is 0 Å². The number of hydrogen-bond donors (Lipinski definition) is 1. The second kappa shape index (κ2) is 5.57. The molecule has 0 saturated heterocycles. The molecule has 1 aromatic rings. The molecule has 0 spiro atoms. The van der Waals surface area contributed by atoms with Crippen LogP contribution < -0.4 is 0 Å². The normalized spacial score (nSPS) is 9.27. The lowest BCUT2D eigenvalue weighted by molar-refractivity contribution is 0.101. The summed E-state index contributed by atoms with van der Waals surface area (Å²) in [7, 11) is 0. The Morgan fingerprint density at radius 3 is 2.87 bits per heavy atom. The van der Waals surface area contributed by atoms with Gasteiger partial charge in [-0.15, -0.1) is 0 Å². The Hall–Kier alpha value is -1.27. The highest BCUT2D eigenvalue weighted by Crippen LogP contribution is 2.10. The zero-order valence-electron chi connectivity index (χ0n) is 8.38. The third kappa shape index (κ3) is 3.41. The van der Waals surface area contributed by atoms with Crippen molar-refractivity contribution < 1.29 is 9.18 Å². The van der Waals surface area contributed by atoms with Crippen molar-refractivity contribution in [1.29, 1.82) is 0 Å². The van der Waals surface area contributed by atoms with E-state index in [4.69, 9.17) is 0 Å². The molecule has 1 aromatic carbocycles. The smallest absolute Gasteiger partial charge is 0.159 e. The minimum absolute atomic E-state index is 0.0905. The van der Waals surface area contributed by atoms with Crippen molar-refractivity contribution in [3.05, 3.63) is 35.1 Å². The van der Waals surface area contributed by atoms with Gasteiger partial charge in [0.15, 0.2) is 5.78 Å². The van der Waals surface area contributed by atoms with E-state index in [1.54, 1.807) is 0 Å². The van der Waals surface area contributed by atoms with Gasteiger partial charge < -0.3 is 0 Å². The number of carbonyl (C=O) groups excluding carboxylic acids is 1. The molecule has 0 amide bonds. The largest absolute Gasteiger partial charge is 0.295 e. The number of carbonyl (C=O) groups is 1. The number of benzene rings is 1. The molecule has 3 heteroatoms. The molecule has 1 rings (SSSR count). The molecule has 0 N–H and O–H groups in total. The lowest BCUT2D eigenvalue weighted by Crippen LogP contribution is -1.94. The quantitative estimate of drug-likeness (QED) is 0.462. The molecule has 0 bridgehead atoms. The minimum atomic E-state index is -0.397. The summed E-state index contributed by atoms with van der Waals surface area (Å²) in [5.74, 6) is 5.62. The summed E-state index contributed by atoms with van der Waals surface area (Å²) in [5.41, 5.74) is 0.746. The monoisotopic (exact) mass is 222 g/mol. The minimum Gasteiger partial charge on any atom is -0.295 e. The maximum absolute atomic E-state index is 13.2. The number of ketones is 1. The highest BCUT2D eigenvalue weighted by atomic mass is 32.1.